The van der Waals surface area contributed by atoms with Crippen molar-refractivity contribution < 1.29 is 28.6 Å². The molecule has 0 atom stereocenters. The van der Waals surface area contributed by atoms with Crippen LogP contribution in [0.2, 0.25) is 0 Å². The first-order chi connectivity index (χ1) is 8.65. The van der Waals surface area contributed by atoms with Crippen LogP contribution < -0.4 is 10.2 Å². The Morgan fingerprint density at radius 2 is 1.89 bits per heavy atom. The fourth-order valence-electron chi connectivity index (χ4n) is 1.30. The zero-order valence-corrected chi connectivity index (χ0v) is 10.1. The molecule has 0 aliphatic rings. The molecule has 18 heavy (non-hydrogen) atoms. The highest BCUT2D eigenvalue weighted by Gasteiger charge is 2.17. The molecule has 1 rings (SSSR count). The third-order valence-corrected chi connectivity index (χ3v) is 2.17. The van der Waals surface area contributed by atoms with Gasteiger partial charge in [-0.05, 0) is 6.07 Å². The average molecular weight is 258 g/mol. The molecule has 0 saturated heterocycles. The summed E-state index contributed by atoms with van der Waals surface area (Å²) in [5.41, 5.74) is 0.119. The first-order valence-corrected chi connectivity index (χ1v) is 5.50. The predicted octanol–water partition coefficient (Wildman–Crippen LogP) is -0.453. The fraction of sp³-hybridized carbons (Fsp3) is 0.455. The predicted molar refractivity (Wildman–Crippen MR) is 64.4 cm³/mol. The molecule has 0 amide bonds. The first kappa shape index (κ1) is 14.9. The first-order valence-electron chi connectivity index (χ1n) is 5.50. The van der Waals surface area contributed by atoms with E-state index in [2.05, 4.69) is 0 Å². The third kappa shape index (κ3) is 5.01. The Balaban J connectivity index is 2.43. The van der Waals surface area contributed by atoms with Crippen LogP contribution in [0.4, 0.5) is 4.39 Å². The molecule has 1 aromatic rings. The lowest BCUT2D eigenvalue weighted by molar-refractivity contribution is 0.0545. The van der Waals surface area contributed by atoms with Gasteiger partial charge in [-0.2, -0.15) is 0 Å². The van der Waals surface area contributed by atoms with Gasteiger partial charge in [-0.1, -0.05) is 6.07 Å². The molecule has 100 valence electrons. The molecule has 0 unspecified atom stereocenters. The van der Waals surface area contributed by atoms with E-state index in [0.717, 1.165) is 12.1 Å². The van der Waals surface area contributed by atoms with E-state index in [4.69, 9.17) is 24.3 Å². The molecule has 0 radical (unpaired) electrons. The molecular weight excluding hydrogens is 242 g/mol. The molecule has 0 heterocycles. The summed E-state index contributed by atoms with van der Waals surface area (Å²) in [5.74, 6) is -0.407. The maximum absolute atomic E-state index is 13.0. The zero-order chi connectivity index (χ0) is 13.4. The van der Waals surface area contributed by atoms with E-state index in [-0.39, 0.29) is 17.8 Å². The van der Waals surface area contributed by atoms with Gasteiger partial charge < -0.3 is 24.3 Å². The van der Waals surface area contributed by atoms with Crippen LogP contribution in [0.3, 0.4) is 0 Å². The van der Waals surface area contributed by atoms with Crippen molar-refractivity contribution in [1.29, 1.82) is 0 Å². The van der Waals surface area contributed by atoms with Gasteiger partial charge in [0.2, 0.25) is 0 Å². The van der Waals surface area contributed by atoms with Crippen molar-refractivity contribution in [2.45, 2.75) is 0 Å². The van der Waals surface area contributed by atoms with Gasteiger partial charge >= 0.3 is 7.12 Å². The smallest absolute Gasteiger partial charge is 0.491 e. The second-order valence-electron chi connectivity index (χ2n) is 3.51. The van der Waals surface area contributed by atoms with Crippen LogP contribution in [0.1, 0.15) is 0 Å². The van der Waals surface area contributed by atoms with Gasteiger partial charge in [0, 0.05) is 18.6 Å². The fourth-order valence-corrected chi connectivity index (χ4v) is 1.30. The van der Waals surface area contributed by atoms with Crippen LogP contribution in [0.5, 0.6) is 5.75 Å². The van der Waals surface area contributed by atoms with Gasteiger partial charge in [0.05, 0.1) is 19.8 Å². The van der Waals surface area contributed by atoms with Gasteiger partial charge in [-0.25, -0.2) is 4.39 Å². The Hall–Kier alpha value is -1.15. The van der Waals surface area contributed by atoms with Crippen molar-refractivity contribution in [2.24, 2.45) is 0 Å². The maximum Gasteiger partial charge on any atom is 0.492 e. The van der Waals surface area contributed by atoms with Gasteiger partial charge in [0.15, 0.2) is 0 Å². The van der Waals surface area contributed by atoms with Crippen LogP contribution in [0.25, 0.3) is 0 Å². The minimum Gasteiger partial charge on any atom is -0.491 e. The number of halogens is 1. The van der Waals surface area contributed by atoms with Crippen molar-refractivity contribution in [3.8, 4) is 5.75 Å². The highest BCUT2D eigenvalue weighted by molar-refractivity contribution is 6.59. The van der Waals surface area contributed by atoms with Gasteiger partial charge in [0.1, 0.15) is 18.2 Å². The van der Waals surface area contributed by atoms with Gasteiger partial charge in [-0.15, -0.1) is 0 Å². The Morgan fingerprint density at radius 3 is 2.56 bits per heavy atom. The van der Waals surface area contributed by atoms with E-state index in [1.807, 2.05) is 0 Å². The average Bonchev–Trinajstić information content (AvgIpc) is 2.33. The summed E-state index contributed by atoms with van der Waals surface area (Å²) in [5, 5.41) is 18.1. The molecule has 0 aliphatic carbocycles. The molecule has 0 bridgehead atoms. The SMILES string of the molecule is COCCOCCOc1cc(F)ccc1B(O)O. The summed E-state index contributed by atoms with van der Waals surface area (Å²) in [6, 6.07) is 3.50. The number of ether oxygens (including phenoxy) is 3. The number of rotatable bonds is 8. The number of methoxy groups -OCH3 is 1. The van der Waals surface area contributed by atoms with Crippen LogP contribution in [-0.4, -0.2) is 50.7 Å². The molecule has 0 aromatic heterocycles. The summed E-state index contributed by atoms with van der Waals surface area (Å²) >= 11 is 0. The third-order valence-electron chi connectivity index (χ3n) is 2.17. The van der Waals surface area contributed by atoms with E-state index < -0.39 is 12.9 Å². The van der Waals surface area contributed by atoms with E-state index in [1.165, 1.54) is 6.07 Å². The Kier molecular flexibility index (Phi) is 6.67. The molecule has 0 fully saturated rings. The van der Waals surface area contributed by atoms with Crippen molar-refractivity contribution in [3.05, 3.63) is 24.0 Å². The zero-order valence-electron chi connectivity index (χ0n) is 10.1. The largest absolute Gasteiger partial charge is 0.492 e. The standard InChI is InChI=1S/C11H16BFO5/c1-16-4-5-17-6-7-18-11-8-9(13)2-3-10(11)12(14)15/h2-3,8,14-15H,4-7H2,1H3. The van der Waals surface area contributed by atoms with E-state index in [9.17, 15) is 4.39 Å². The Bertz CT molecular complexity index is 361. The van der Waals surface area contributed by atoms with Crippen molar-refractivity contribution >= 4 is 12.6 Å². The van der Waals surface area contributed by atoms with Gasteiger partial charge in [0.25, 0.3) is 0 Å². The molecule has 7 heteroatoms. The molecule has 1 aromatic carbocycles. The number of hydrogen-bond acceptors (Lipinski definition) is 5. The second kappa shape index (κ2) is 8.04. The van der Waals surface area contributed by atoms with Crippen molar-refractivity contribution in [1.82, 2.24) is 0 Å². The number of benzene rings is 1. The summed E-state index contributed by atoms with van der Waals surface area (Å²) in [6.45, 7) is 1.42. The highest BCUT2D eigenvalue weighted by Crippen LogP contribution is 2.10. The highest BCUT2D eigenvalue weighted by atomic mass is 19.1. The normalized spacial score (nSPS) is 10.4. The quantitative estimate of drug-likeness (QED) is 0.488. The summed E-state index contributed by atoms with van der Waals surface area (Å²) < 4.78 is 28.2. The van der Waals surface area contributed by atoms with E-state index >= 15 is 0 Å². The summed E-state index contributed by atoms with van der Waals surface area (Å²) in [6.07, 6.45) is 0. The molecular formula is C11H16BFO5. The van der Waals surface area contributed by atoms with Crippen LogP contribution in [-0.2, 0) is 9.47 Å². The minimum atomic E-state index is -1.70. The lowest BCUT2D eigenvalue weighted by Gasteiger charge is -2.11. The number of hydrogen-bond donors (Lipinski definition) is 2. The molecule has 0 aliphatic heterocycles. The van der Waals surface area contributed by atoms with Crippen molar-refractivity contribution in [2.75, 3.05) is 33.5 Å². The van der Waals surface area contributed by atoms with E-state index in [0.29, 0.717) is 19.8 Å². The lowest BCUT2D eigenvalue weighted by Crippen LogP contribution is -2.32. The maximum atomic E-state index is 13.0. The lowest BCUT2D eigenvalue weighted by atomic mass is 9.79. The van der Waals surface area contributed by atoms with Crippen LogP contribution >= 0.6 is 0 Å². The monoisotopic (exact) mass is 258 g/mol. The topological polar surface area (TPSA) is 68.2 Å². The molecule has 0 saturated carbocycles. The molecule has 0 spiro atoms. The van der Waals surface area contributed by atoms with Gasteiger partial charge in [-0.3, -0.25) is 0 Å². The Labute approximate surface area is 105 Å². The van der Waals surface area contributed by atoms with Crippen LogP contribution in [0.15, 0.2) is 18.2 Å². The summed E-state index contributed by atoms with van der Waals surface area (Å²) in [4.78, 5) is 0. The molecule has 5 nitrogen and oxygen atoms in total. The second-order valence-corrected chi connectivity index (χ2v) is 3.51. The van der Waals surface area contributed by atoms with Crippen molar-refractivity contribution in [3.63, 3.8) is 0 Å². The molecule has 2 N–H and O–H groups in total. The van der Waals surface area contributed by atoms with Crippen LogP contribution in [0, 0.1) is 5.82 Å². The minimum absolute atomic E-state index is 0.0975. The van der Waals surface area contributed by atoms with E-state index in [1.54, 1.807) is 7.11 Å². The summed E-state index contributed by atoms with van der Waals surface area (Å²) in [7, 11) is -0.128. The Morgan fingerprint density at radius 1 is 1.17 bits per heavy atom.